The van der Waals surface area contributed by atoms with E-state index in [1.807, 2.05) is 12.1 Å². The molecule has 164 valence electrons. The average molecular weight is 420 g/mol. The number of likely N-dealkylation sites (tertiary alicyclic amines) is 1. The van der Waals surface area contributed by atoms with Gasteiger partial charge in [-0.1, -0.05) is 39.0 Å². The fourth-order valence-electron chi connectivity index (χ4n) is 4.87. The molecule has 0 N–H and O–H groups in total. The Balaban J connectivity index is 1.57. The molecule has 0 radical (unpaired) electrons. The van der Waals surface area contributed by atoms with Crippen molar-refractivity contribution in [3.63, 3.8) is 0 Å². The molecule has 0 amide bonds. The minimum atomic E-state index is -4.45. The van der Waals surface area contributed by atoms with E-state index in [0.717, 1.165) is 50.9 Å². The highest BCUT2D eigenvalue weighted by Crippen LogP contribution is 2.44. The Hall–Kier alpha value is -1.75. The number of ether oxygens (including phenoxy) is 1. The molecule has 2 aliphatic rings. The second-order valence-electron chi connectivity index (χ2n) is 10.1. The van der Waals surface area contributed by atoms with Crippen molar-refractivity contribution in [3.05, 3.63) is 41.5 Å². The van der Waals surface area contributed by atoms with Crippen LogP contribution in [0.15, 0.2) is 30.3 Å². The van der Waals surface area contributed by atoms with Gasteiger partial charge in [-0.3, -0.25) is 4.90 Å². The topological polar surface area (TPSA) is 12.5 Å². The normalized spacial score (nSPS) is 23.4. The number of nitrogens with zero attached hydrogens (tertiary/aromatic N) is 1. The summed E-state index contributed by atoms with van der Waals surface area (Å²) in [5.41, 5.74) is 0.664. The zero-order valence-electron chi connectivity index (χ0n) is 18.2. The summed E-state index contributed by atoms with van der Waals surface area (Å²) < 4.78 is 48.1. The van der Waals surface area contributed by atoms with Crippen LogP contribution >= 0.6 is 0 Å². The molecule has 0 spiro atoms. The van der Waals surface area contributed by atoms with E-state index in [-0.39, 0.29) is 22.7 Å². The maximum Gasteiger partial charge on any atom is 0.420 e. The highest BCUT2D eigenvalue weighted by molar-refractivity contribution is 5.89. The first kappa shape index (κ1) is 21.5. The fourth-order valence-corrected chi connectivity index (χ4v) is 4.87. The third-order valence-electron chi connectivity index (χ3n) is 6.88. The van der Waals surface area contributed by atoms with Crippen LogP contribution in [0.25, 0.3) is 10.8 Å². The van der Waals surface area contributed by atoms with Gasteiger partial charge in [-0.25, -0.2) is 0 Å². The zero-order chi connectivity index (χ0) is 21.5. The molecule has 1 heterocycles. The van der Waals surface area contributed by atoms with Gasteiger partial charge in [0.25, 0.3) is 0 Å². The maximum absolute atomic E-state index is 14.0. The summed E-state index contributed by atoms with van der Waals surface area (Å²) in [6, 6.07) is 8.64. The van der Waals surface area contributed by atoms with Crippen LogP contribution in [0.1, 0.15) is 64.0 Å². The number of benzene rings is 2. The van der Waals surface area contributed by atoms with Crippen LogP contribution in [0.2, 0.25) is 0 Å². The Bertz CT molecular complexity index is 888. The minimum Gasteiger partial charge on any atom is -0.490 e. The van der Waals surface area contributed by atoms with E-state index in [9.17, 15) is 13.2 Å². The van der Waals surface area contributed by atoms with Gasteiger partial charge in [-0.2, -0.15) is 13.2 Å². The van der Waals surface area contributed by atoms with E-state index in [0.29, 0.717) is 11.3 Å². The van der Waals surface area contributed by atoms with E-state index < -0.39 is 11.7 Å². The van der Waals surface area contributed by atoms with Crippen molar-refractivity contribution in [1.29, 1.82) is 0 Å². The van der Waals surface area contributed by atoms with Gasteiger partial charge < -0.3 is 4.74 Å². The molecule has 2 aromatic carbocycles. The predicted octanol–water partition coefficient (Wildman–Crippen LogP) is 7.05. The fraction of sp³-hybridized carbons (Fsp3) is 0.600. The van der Waals surface area contributed by atoms with Crippen molar-refractivity contribution < 1.29 is 17.9 Å². The number of fused-ring (bicyclic) bond motifs is 1. The Kier molecular flexibility index (Phi) is 5.78. The molecule has 4 rings (SSSR count). The third-order valence-corrected chi connectivity index (χ3v) is 6.88. The highest BCUT2D eigenvalue weighted by atomic mass is 19.4. The van der Waals surface area contributed by atoms with Crippen molar-refractivity contribution in [2.24, 2.45) is 11.3 Å². The molecule has 0 unspecified atom stereocenters. The summed E-state index contributed by atoms with van der Waals surface area (Å²) in [4.78, 5) is 2.30. The first-order valence-electron chi connectivity index (χ1n) is 11.1. The lowest BCUT2D eigenvalue weighted by molar-refractivity contribution is -0.138. The molecule has 0 bridgehead atoms. The molecule has 2 nitrogen and oxygen atoms in total. The molecule has 2 aromatic rings. The van der Waals surface area contributed by atoms with Gasteiger partial charge in [0, 0.05) is 6.54 Å². The van der Waals surface area contributed by atoms with Crippen molar-refractivity contribution in [3.8, 4) is 5.75 Å². The van der Waals surface area contributed by atoms with Crippen molar-refractivity contribution in [2.45, 2.75) is 71.7 Å². The SMILES string of the molecule is CC(C)(C)C1CCC(Oc2ccc3cc(CN4CCC4)ccc3c2C(F)(F)F)CC1. The first-order valence-corrected chi connectivity index (χ1v) is 11.1. The smallest absolute Gasteiger partial charge is 0.420 e. The standard InChI is InChI=1S/C25H32F3NO/c1-24(2,3)19-7-9-20(10-8-19)30-22-12-6-18-15-17(16-29-13-4-14-29)5-11-21(18)23(22)25(26,27)28/h5-6,11-12,15,19-20H,4,7-10,13-14,16H2,1-3H3. The summed E-state index contributed by atoms with van der Waals surface area (Å²) in [7, 11) is 0. The first-order chi connectivity index (χ1) is 14.1. The van der Waals surface area contributed by atoms with Crippen LogP contribution < -0.4 is 4.74 Å². The quantitative estimate of drug-likeness (QED) is 0.527. The highest BCUT2D eigenvalue weighted by Gasteiger charge is 2.38. The molecule has 1 saturated carbocycles. The van der Waals surface area contributed by atoms with Crippen LogP contribution in [-0.2, 0) is 12.7 Å². The Morgan fingerprint density at radius 2 is 1.67 bits per heavy atom. The van der Waals surface area contributed by atoms with Crippen molar-refractivity contribution in [1.82, 2.24) is 4.90 Å². The summed E-state index contributed by atoms with van der Waals surface area (Å²) in [5, 5.41) is 0.861. The molecule has 0 aromatic heterocycles. The molecule has 1 saturated heterocycles. The summed E-state index contributed by atoms with van der Waals surface area (Å²) in [6.07, 6.45) is 0.234. The van der Waals surface area contributed by atoms with Crippen LogP contribution in [0.5, 0.6) is 5.75 Å². The lowest BCUT2D eigenvalue weighted by Gasteiger charge is -2.37. The van der Waals surface area contributed by atoms with Gasteiger partial charge in [-0.05, 0) is 85.0 Å². The molecule has 2 fully saturated rings. The van der Waals surface area contributed by atoms with Crippen molar-refractivity contribution in [2.75, 3.05) is 13.1 Å². The summed E-state index contributed by atoms with van der Waals surface area (Å²) >= 11 is 0. The number of halogens is 3. The van der Waals surface area contributed by atoms with E-state index >= 15 is 0 Å². The van der Waals surface area contributed by atoms with Gasteiger partial charge in [0.15, 0.2) is 0 Å². The number of alkyl halides is 3. The number of hydrogen-bond donors (Lipinski definition) is 0. The van der Waals surface area contributed by atoms with Gasteiger partial charge in [0.05, 0.1) is 6.10 Å². The lowest BCUT2D eigenvalue weighted by atomic mass is 9.72. The molecular weight excluding hydrogens is 387 g/mol. The van der Waals surface area contributed by atoms with Gasteiger partial charge in [0.2, 0.25) is 0 Å². The van der Waals surface area contributed by atoms with E-state index in [1.165, 1.54) is 12.5 Å². The van der Waals surface area contributed by atoms with Crippen LogP contribution in [0, 0.1) is 11.3 Å². The Morgan fingerprint density at radius 1 is 0.967 bits per heavy atom. The zero-order valence-corrected chi connectivity index (χ0v) is 18.2. The predicted molar refractivity (Wildman–Crippen MR) is 115 cm³/mol. The molecule has 30 heavy (non-hydrogen) atoms. The van der Waals surface area contributed by atoms with Gasteiger partial charge in [0.1, 0.15) is 11.3 Å². The summed E-state index contributed by atoms with van der Waals surface area (Å²) in [6.45, 7) is 9.64. The maximum atomic E-state index is 14.0. The molecule has 1 aliphatic carbocycles. The second kappa shape index (κ2) is 8.07. The minimum absolute atomic E-state index is 0.0234. The third kappa shape index (κ3) is 4.61. The molecule has 5 heteroatoms. The molecule has 1 aliphatic heterocycles. The number of hydrogen-bond acceptors (Lipinski definition) is 2. The molecular formula is C25H32F3NO. The van der Waals surface area contributed by atoms with Crippen LogP contribution in [0.3, 0.4) is 0 Å². The average Bonchev–Trinajstić information content (AvgIpc) is 2.63. The second-order valence-corrected chi connectivity index (χ2v) is 10.1. The Labute approximate surface area is 177 Å². The van der Waals surface area contributed by atoms with E-state index in [4.69, 9.17) is 4.74 Å². The molecule has 0 atom stereocenters. The van der Waals surface area contributed by atoms with E-state index in [2.05, 4.69) is 25.7 Å². The largest absolute Gasteiger partial charge is 0.490 e. The Morgan fingerprint density at radius 3 is 2.23 bits per heavy atom. The van der Waals surface area contributed by atoms with Crippen LogP contribution in [0.4, 0.5) is 13.2 Å². The van der Waals surface area contributed by atoms with Crippen LogP contribution in [-0.4, -0.2) is 24.1 Å². The lowest BCUT2D eigenvalue weighted by Crippen LogP contribution is -2.36. The van der Waals surface area contributed by atoms with Gasteiger partial charge in [-0.15, -0.1) is 0 Å². The van der Waals surface area contributed by atoms with E-state index in [1.54, 1.807) is 12.1 Å². The monoisotopic (exact) mass is 419 g/mol. The van der Waals surface area contributed by atoms with Crippen molar-refractivity contribution >= 4 is 10.8 Å². The number of rotatable bonds is 4. The summed E-state index contributed by atoms with van der Waals surface area (Å²) in [5.74, 6) is 0.575. The van der Waals surface area contributed by atoms with Gasteiger partial charge >= 0.3 is 6.18 Å².